The molecule has 1 unspecified atom stereocenters. The molecule has 0 bridgehead atoms. The molecule has 0 aromatic heterocycles. The van der Waals surface area contributed by atoms with Gasteiger partial charge in [-0.2, -0.15) is 11.8 Å². The molecule has 1 atom stereocenters. The smallest absolute Gasteiger partial charge is 0.129 e. The average molecular weight is 232 g/mol. The molecular formula is C11H14F2OS. The van der Waals surface area contributed by atoms with Crippen molar-refractivity contribution in [3.8, 4) is 0 Å². The van der Waals surface area contributed by atoms with E-state index >= 15 is 0 Å². The maximum absolute atomic E-state index is 13.2. The zero-order valence-corrected chi connectivity index (χ0v) is 9.36. The first kappa shape index (κ1) is 12.5. The van der Waals surface area contributed by atoms with E-state index < -0.39 is 17.7 Å². The Labute approximate surface area is 92.5 Å². The van der Waals surface area contributed by atoms with E-state index in [0.29, 0.717) is 11.3 Å². The Kier molecular flexibility index (Phi) is 5.05. The van der Waals surface area contributed by atoms with Crippen molar-refractivity contribution in [2.24, 2.45) is 0 Å². The highest BCUT2D eigenvalue weighted by Crippen LogP contribution is 2.13. The highest BCUT2D eigenvalue weighted by molar-refractivity contribution is 7.99. The topological polar surface area (TPSA) is 20.2 Å². The van der Waals surface area contributed by atoms with Crippen LogP contribution in [0.5, 0.6) is 0 Å². The first-order chi connectivity index (χ1) is 7.13. The molecule has 0 radical (unpaired) electrons. The summed E-state index contributed by atoms with van der Waals surface area (Å²) >= 11 is 1.60. The normalized spacial score (nSPS) is 12.8. The van der Waals surface area contributed by atoms with Crippen LogP contribution in [0, 0.1) is 11.6 Å². The van der Waals surface area contributed by atoms with E-state index in [0.717, 1.165) is 11.8 Å². The van der Waals surface area contributed by atoms with Gasteiger partial charge in [-0.3, -0.25) is 0 Å². The predicted molar refractivity (Wildman–Crippen MR) is 59.1 cm³/mol. The number of rotatable bonds is 5. The summed E-state index contributed by atoms with van der Waals surface area (Å²) in [6, 6.07) is 3.43. The number of benzene rings is 1. The van der Waals surface area contributed by atoms with Gasteiger partial charge in [-0.1, -0.05) is 13.0 Å². The van der Waals surface area contributed by atoms with E-state index in [-0.39, 0.29) is 6.42 Å². The lowest BCUT2D eigenvalue weighted by molar-refractivity contribution is 0.198. The van der Waals surface area contributed by atoms with Crippen molar-refractivity contribution in [3.63, 3.8) is 0 Å². The molecule has 1 aromatic rings. The Morgan fingerprint density at radius 2 is 2.13 bits per heavy atom. The molecule has 1 rings (SSSR count). The Morgan fingerprint density at radius 3 is 2.73 bits per heavy atom. The molecule has 0 amide bonds. The molecule has 0 fully saturated rings. The van der Waals surface area contributed by atoms with Crippen LogP contribution in [0.15, 0.2) is 18.2 Å². The zero-order chi connectivity index (χ0) is 11.3. The monoisotopic (exact) mass is 232 g/mol. The second-order valence-electron chi connectivity index (χ2n) is 3.25. The maximum atomic E-state index is 13.2. The van der Waals surface area contributed by atoms with E-state index in [1.165, 1.54) is 12.1 Å². The van der Waals surface area contributed by atoms with Crippen LogP contribution in [0.4, 0.5) is 8.78 Å². The van der Waals surface area contributed by atoms with Gasteiger partial charge < -0.3 is 5.11 Å². The maximum Gasteiger partial charge on any atom is 0.129 e. The summed E-state index contributed by atoms with van der Waals surface area (Å²) in [5.41, 5.74) is 0.362. The van der Waals surface area contributed by atoms with Gasteiger partial charge in [-0.05, 0) is 17.4 Å². The summed E-state index contributed by atoms with van der Waals surface area (Å²) in [6.45, 7) is 2.00. The van der Waals surface area contributed by atoms with Crippen LogP contribution in [0.25, 0.3) is 0 Å². The van der Waals surface area contributed by atoms with Crippen molar-refractivity contribution in [2.45, 2.75) is 19.4 Å². The number of hydrogen-bond acceptors (Lipinski definition) is 2. The van der Waals surface area contributed by atoms with Gasteiger partial charge >= 0.3 is 0 Å². The van der Waals surface area contributed by atoms with Gasteiger partial charge in [0.25, 0.3) is 0 Å². The molecule has 1 aromatic carbocycles. The van der Waals surface area contributed by atoms with Gasteiger partial charge in [0, 0.05) is 18.2 Å². The van der Waals surface area contributed by atoms with Crippen LogP contribution in [0.3, 0.4) is 0 Å². The Balaban J connectivity index is 2.56. The highest BCUT2D eigenvalue weighted by atomic mass is 32.2. The van der Waals surface area contributed by atoms with Crippen LogP contribution in [-0.4, -0.2) is 22.7 Å². The molecule has 0 aliphatic heterocycles. The van der Waals surface area contributed by atoms with Gasteiger partial charge in [0.15, 0.2) is 0 Å². The van der Waals surface area contributed by atoms with Crippen molar-refractivity contribution in [3.05, 3.63) is 35.4 Å². The second kappa shape index (κ2) is 6.08. The minimum atomic E-state index is -0.589. The third-order valence-corrected chi connectivity index (χ3v) is 3.01. The van der Waals surface area contributed by atoms with E-state index in [4.69, 9.17) is 0 Å². The van der Waals surface area contributed by atoms with Gasteiger partial charge in [-0.25, -0.2) is 8.78 Å². The minimum Gasteiger partial charge on any atom is -0.392 e. The third kappa shape index (κ3) is 4.18. The Hall–Kier alpha value is -0.610. The number of thioether (sulfide) groups is 1. The molecule has 84 valence electrons. The summed E-state index contributed by atoms with van der Waals surface area (Å²) in [7, 11) is 0. The molecule has 4 heteroatoms. The van der Waals surface area contributed by atoms with Crippen LogP contribution < -0.4 is 0 Å². The first-order valence-electron chi connectivity index (χ1n) is 4.83. The molecule has 0 saturated carbocycles. The van der Waals surface area contributed by atoms with Gasteiger partial charge in [0.2, 0.25) is 0 Å². The number of aliphatic hydroxyl groups is 1. The minimum absolute atomic E-state index is 0.235. The largest absolute Gasteiger partial charge is 0.392 e. The van der Waals surface area contributed by atoms with Crippen LogP contribution in [-0.2, 0) is 6.42 Å². The molecule has 1 N–H and O–H groups in total. The molecular weight excluding hydrogens is 218 g/mol. The lowest BCUT2D eigenvalue weighted by Gasteiger charge is -2.10. The van der Waals surface area contributed by atoms with Gasteiger partial charge in [0.1, 0.15) is 11.6 Å². The van der Waals surface area contributed by atoms with E-state index in [1.54, 1.807) is 11.8 Å². The molecule has 0 aliphatic carbocycles. The molecule has 0 saturated heterocycles. The van der Waals surface area contributed by atoms with Crippen LogP contribution in [0.1, 0.15) is 12.5 Å². The summed E-state index contributed by atoms with van der Waals surface area (Å²) in [5.74, 6) is 0.320. The lowest BCUT2D eigenvalue weighted by Crippen LogP contribution is -2.14. The molecule has 0 heterocycles. The van der Waals surface area contributed by atoms with Crippen molar-refractivity contribution in [2.75, 3.05) is 11.5 Å². The second-order valence-corrected chi connectivity index (χ2v) is 4.57. The van der Waals surface area contributed by atoms with Crippen LogP contribution >= 0.6 is 11.8 Å². The summed E-state index contributed by atoms with van der Waals surface area (Å²) < 4.78 is 25.8. The van der Waals surface area contributed by atoms with E-state index in [2.05, 4.69) is 0 Å². The fourth-order valence-corrected chi connectivity index (χ4v) is 1.88. The highest BCUT2D eigenvalue weighted by Gasteiger charge is 2.09. The number of aliphatic hydroxyl groups excluding tert-OH is 1. The van der Waals surface area contributed by atoms with Crippen LogP contribution in [0.2, 0.25) is 0 Å². The Bertz CT molecular complexity index is 317. The lowest BCUT2D eigenvalue weighted by atomic mass is 10.1. The summed E-state index contributed by atoms with van der Waals surface area (Å²) in [6.07, 6.45) is -0.339. The number of halogens is 2. The quantitative estimate of drug-likeness (QED) is 0.842. The molecule has 0 aliphatic rings. The molecule has 0 spiro atoms. The van der Waals surface area contributed by atoms with E-state index in [9.17, 15) is 13.9 Å². The first-order valence-corrected chi connectivity index (χ1v) is 5.98. The van der Waals surface area contributed by atoms with Gasteiger partial charge in [-0.15, -0.1) is 0 Å². The standard InChI is InChI=1S/C11H14F2OS/c1-2-15-7-10(14)5-8-3-4-9(12)6-11(8)13/h3-4,6,10,14H,2,5,7H2,1H3. The fourth-order valence-electron chi connectivity index (χ4n) is 1.25. The zero-order valence-electron chi connectivity index (χ0n) is 8.54. The van der Waals surface area contributed by atoms with Crippen molar-refractivity contribution in [1.29, 1.82) is 0 Å². The predicted octanol–water partition coefficient (Wildman–Crippen LogP) is 2.62. The third-order valence-electron chi connectivity index (χ3n) is 1.99. The summed E-state index contributed by atoms with van der Waals surface area (Å²) in [4.78, 5) is 0. The molecule has 1 nitrogen and oxygen atoms in total. The SMILES string of the molecule is CCSCC(O)Cc1ccc(F)cc1F. The van der Waals surface area contributed by atoms with E-state index in [1.807, 2.05) is 6.92 Å². The molecule has 15 heavy (non-hydrogen) atoms. The van der Waals surface area contributed by atoms with Crippen molar-refractivity contribution in [1.82, 2.24) is 0 Å². The average Bonchev–Trinajstić information content (AvgIpc) is 2.19. The number of hydrogen-bond donors (Lipinski definition) is 1. The van der Waals surface area contributed by atoms with Crippen molar-refractivity contribution >= 4 is 11.8 Å². The summed E-state index contributed by atoms with van der Waals surface area (Å²) in [5, 5.41) is 9.55. The van der Waals surface area contributed by atoms with Gasteiger partial charge in [0.05, 0.1) is 6.10 Å². The van der Waals surface area contributed by atoms with Crippen molar-refractivity contribution < 1.29 is 13.9 Å². The Morgan fingerprint density at radius 1 is 1.40 bits per heavy atom. The fraction of sp³-hybridized carbons (Fsp3) is 0.455.